The van der Waals surface area contributed by atoms with Crippen LogP contribution in [0.1, 0.15) is 11.5 Å². The van der Waals surface area contributed by atoms with Gasteiger partial charge in [0, 0.05) is 31.7 Å². The molecule has 4 rings (SSSR count). The molecule has 0 radical (unpaired) electrons. The average Bonchev–Trinajstić information content (AvgIpc) is 3.19. The third-order valence-electron chi connectivity index (χ3n) is 5.00. The Labute approximate surface area is 179 Å². The predicted molar refractivity (Wildman–Crippen MR) is 110 cm³/mol. The minimum Gasteiger partial charge on any atom is -0.338 e. The van der Waals surface area contributed by atoms with Crippen LogP contribution in [0.4, 0.5) is 4.39 Å². The van der Waals surface area contributed by atoms with E-state index in [1.807, 2.05) is 36.1 Å². The minimum atomic E-state index is -3.95. The van der Waals surface area contributed by atoms with Gasteiger partial charge in [-0.25, -0.2) is 12.8 Å². The Morgan fingerprint density at radius 1 is 1.10 bits per heavy atom. The predicted octanol–water partition coefficient (Wildman–Crippen LogP) is 3.34. The molecule has 0 amide bonds. The number of hydrogen-bond donors (Lipinski definition) is 0. The van der Waals surface area contributed by atoms with Crippen LogP contribution in [0.25, 0.3) is 11.4 Å². The molecule has 0 N–H and O–H groups in total. The van der Waals surface area contributed by atoms with Crippen LogP contribution >= 0.6 is 11.6 Å². The standard InChI is InChI=1S/C20H20ClFN4O3S/c1-14-5-7-15(8-6-14)20-23-18(29-24-20)13-25-9-11-26(12-10-25)30(27,28)17-4-2-3-16(21)19(17)22/h2-8H,9-13H2,1H3. The molecule has 1 saturated heterocycles. The number of piperazine rings is 1. The molecule has 1 aliphatic heterocycles. The van der Waals surface area contributed by atoms with Crippen molar-refractivity contribution in [2.24, 2.45) is 0 Å². The van der Waals surface area contributed by atoms with Crippen LogP contribution in [0.15, 0.2) is 51.9 Å². The maximum Gasteiger partial charge on any atom is 0.246 e. The number of aryl methyl sites for hydroxylation is 1. The zero-order chi connectivity index (χ0) is 21.3. The molecule has 1 fully saturated rings. The summed E-state index contributed by atoms with van der Waals surface area (Å²) in [4.78, 5) is 6.05. The Hall–Kier alpha value is -2.33. The summed E-state index contributed by atoms with van der Waals surface area (Å²) in [6.45, 7) is 3.80. The van der Waals surface area contributed by atoms with E-state index in [2.05, 4.69) is 10.1 Å². The van der Waals surface area contributed by atoms with Gasteiger partial charge in [0.05, 0.1) is 11.6 Å². The number of aromatic nitrogens is 2. The molecule has 2 heterocycles. The molecule has 0 saturated carbocycles. The van der Waals surface area contributed by atoms with Gasteiger partial charge < -0.3 is 4.52 Å². The lowest BCUT2D eigenvalue weighted by Crippen LogP contribution is -2.48. The van der Waals surface area contributed by atoms with Crippen LogP contribution in [0.2, 0.25) is 5.02 Å². The van der Waals surface area contributed by atoms with Gasteiger partial charge in [0.25, 0.3) is 0 Å². The lowest BCUT2D eigenvalue weighted by Gasteiger charge is -2.33. The highest BCUT2D eigenvalue weighted by atomic mass is 35.5. The van der Waals surface area contributed by atoms with Crippen LogP contribution in [0.3, 0.4) is 0 Å². The maximum atomic E-state index is 14.2. The molecule has 0 spiro atoms. The Morgan fingerprint density at radius 3 is 2.50 bits per heavy atom. The molecule has 158 valence electrons. The molecule has 0 bridgehead atoms. The zero-order valence-electron chi connectivity index (χ0n) is 16.3. The van der Waals surface area contributed by atoms with Crippen LogP contribution in [0, 0.1) is 12.7 Å². The summed E-state index contributed by atoms with van der Waals surface area (Å²) in [5.74, 6) is 0.0569. The Bertz CT molecular complexity index is 1140. The lowest BCUT2D eigenvalue weighted by atomic mass is 10.1. The fourth-order valence-electron chi connectivity index (χ4n) is 3.28. The summed E-state index contributed by atoms with van der Waals surface area (Å²) in [6, 6.07) is 11.8. The van der Waals surface area contributed by atoms with Crippen molar-refractivity contribution in [2.75, 3.05) is 26.2 Å². The number of benzene rings is 2. The first-order valence-electron chi connectivity index (χ1n) is 9.41. The van der Waals surface area contributed by atoms with Gasteiger partial charge in [-0.1, -0.05) is 52.7 Å². The van der Waals surface area contributed by atoms with E-state index in [0.717, 1.165) is 11.1 Å². The lowest BCUT2D eigenvalue weighted by molar-refractivity contribution is 0.163. The van der Waals surface area contributed by atoms with Crippen LogP contribution in [0.5, 0.6) is 0 Å². The number of hydrogen-bond acceptors (Lipinski definition) is 6. The minimum absolute atomic E-state index is 0.213. The van der Waals surface area contributed by atoms with E-state index in [-0.39, 0.29) is 18.1 Å². The molecule has 7 nitrogen and oxygen atoms in total. The van der Waals surface area contributed by atoms with Crippen molar-refractivity contribution in [1.82, 2.24) is 19.3 Å². The molecule has 0 aliphatic carbocycles. The van der Waals surface area contributed by atoms with Gasteiger partial charge in [-0.3, -0.25) is 4.90 Å². The molecular formula is C20H20ClFN4O3S. The summed E-state index contributed by atoms with van der Waals surface area (Å²) in [5, 5.41) is 3.81. The third-order valence-corrected chi connectivity index (χ3v) is 7.21. The first-order chi connectivity index (χ1) is 14.3. The van der Waals surface area contributed by atoms with Crippen LogP contribution in [-0.2, 0) is 16.6 Å². The van der Waals surface area contributed by atoms with E-state index in [0.29, 0.717) is 31.3 Å². The van der Waals surface area contributed by atoms with E-state index in [1.54, 1.807) is 0 Å². The van der Waals surface area contributed by atoms with Crippen LogP contribution in [-0.4, -0.2) is 53.9 Å². The molecule has 1 aromatic heterocycles. The third kappa shape index (κ3) is 4.24. The summed E-state index contributed by atoms with van der Waals surface area (Å²) in [5.41, 5.74) is 2.02. The second-order valence-corrected chi connectivity index (χ2v) is 9.42. The fraction of sp³-hybridized carbons (Fsp3) is 0.300. The highest BCUT2D eigenvalue weighted by molar-refractivity contribution is 7.89. The van der Waals surface area contributed by atoms with Crippen molar-refractivity contribution in [3.63, 3.8) is 0 Å². The zero-order valence-corrected chi connectivity index (χ0v) is 17.8. The first kappa shape index (κ1) is 20.9. The number of sulfonamides is 1. The smallest absolute Gasteiger partial charge is 0.246 e. The highest BCUT2D eigenvalue weighted by Gasteiger charge is 2.31. The van der Waals surface area contributed by atoms with Crippen molar-refractivity contribution >= 4 is 21.6 Å². The maximum absolute atomic E-state index is 14.2. The van der Waals surface area contributed by atoms with Crippen molar-refractivity contribution in [1.29, 1.82) is 0 Å². The van der Waals surface area contributed by atoms with Crippen molar-refractivity contribution in [3.05, 3.63) is 64.8 Å². The molecule has 1 aliphatic rings. The molecule has 30 heavy (non-hydrogen) atoms. The van der Waals surface area contributed by atoms with E-state index in [4.69, 9.17) is 16.1 Å². The van der Waals surface area contributed by atoms with Gasteiger partial charge >= 0.3 is 0 Å². The van der Waals surface area contributed by atoms with Gasteiger partial charge in [0.15, 0.2) is 5.82 Å². The first-order valence-corrected chi connectivity index (χ1v) is 11.2. The summed E-state index contributed by atoms with van der Waals surface area (Å²) in [7, 11) is -3.95. The molecule has 10 heteroatoms. The second-order valence-electron chi connectivity index (χ2n) is 7.11. The topological polar surface area (TPSA) is 79.5 Å². The summed E-state index contributed by atoms with van der Waals surface area (Å²) < 4.78 is 46.4. The average molecular weight is 451 g/mol. The van der Waals surface area contributed by atoms with E-state index >= 15 is 0 Å². The van der Waals surface area contributed by atoms with Crippen molar-refractivity contribution in [2.45, 2.75) is 18.4 Å². The molecule has 0 unspecified atom stereocenters. The Kier molecular flexibility index (Phi) is 5.88. The van der Waals surface area contributed by atoms with Gasteiger partial charge in [0.1, 0.15) is 4.90 Å². The fourth-order valence-corrected chi connectivity index (χ4v) is 5.02. The highest BCUT2D eigenvalue weighted by Crippen LogP contribution is 2.26. The normalized spacial score (nSPS) is 16.1. The van der Waals surface area contributed by atoms with Crippen molar-refractivity contribution < 1.29 is 17.3 Å². The van der Waals surface area contributed by atoms with Gasteiger partial charge in [-0.15, -0.1) is 0 Å². The van der Waals surface area contributed by atoms with Gasteiger partial charge in [0.2, 0.25) is 21.7 Å². The molecule has 0 atom stereocenters. The largest absolute Gasteiger partial charge is 0.338 e. The Morgan fingerprint density at radius 2 is 1.80 bits per heavy atom. The SMILES string of the molecule is Cc1ccc(-c2noc(CN3CCN(S(=O)(=O)c4cccc(Cl)c4F)CC3)n2)cc1. The summed E-state index contributed by atoms with van der Waals surface area (Å²) in [6.07, 6.45) is 0. The van der Waals surface area contributed by atoms with Crippen molar-refractivity contribution in [3.8, 4) is 11.4 Å². The number of halogens is 2. The van der Waals surface area contributed by atoms with Gasteiger partial charge in [-0.2, -0.15) is 9.29 Å². The number of rotatable bonds is 5. The quantitative estimate of drug-likeness (QED) is 0.593. The summed E-state index contributed by atoms with van der Waals surface area (Å²) >= 11 is 5.74. The molecular weight excluding hydrogens is 431 g/mol. The van der Waals surface area contributed by atoms with E-state index < -0.39 is 20.7 Å². The monoisotopic (exact) mass is 450 g/mol. The second kappa shape index (κ2) is 8.43. The number of nitrogens with zero attached hydrogens (tertiary/aromatic N) is 4. The molecule has 3 aromatic rings. The van der Waals surface area contributed by atoms with Gasteiger partial charge in [-0.05, 0) is 19.1 Å². The van der Waals surface area contributed by atoms with Crippen LogP contribution < -0.4 is 0 Å². The van der Waals surface area contributed by atoms with E-state index in [1.165, 1.54) is 22.5 Å². The molecule has 2 aromatic carbocycles. The van der Waals surface area contributed by atoms with E-state index in [9.17, 15) is 12.8 Å². The Balaban J connectivity index is 1.39.